The van der Waals surface area contributed by atoms with Gasteiger partial charge in [-0.05, 0) is 32.7 Å². The van der Waals surface area contributed by atoms with Crippen molar-refractivity contribution < 1.29 is 4.79 Å². The first-order valence-electron chi connectivity index (χ1n) is 5.22. The van der Waals surface area contributed by atoms with E-state index in [1.807, 2.05) is 13.8 Å². The molecular weight excluding hydrogens is 176 g/mol. The summed E-state index contributed by atoms with van der Waals surface area (Å²) in [6.07, 6.45) is 1.06. The fraction of sp³-hybridized carbons (Fsp3) is 0.909. The monoisotopic (exact) mass is 200 g/mol. The predicted molar refractivity (Wildman–Crippen MR) is 60.2 cm³/mol. The second-order valence-corrected chi connectivity index (χ2v) is 5.08. The van der Waals surface area contributed by atoms with Gasteiger partial charge in [0.05, 0.1) is 5.54 Å². The van der Waals surface area contributed by atoms with Crippen LogP contribution < -0.4 is 10.6 Å². The third kappa shape index (κ3) is 4.09. The third-order valence-corrected chi connectivity index (χ3v) is 2.88. The maximum atomic E-state index is 11.7. The van der Waals surface area contributed by atoms with Crippen LogP contribution in [0, 0.1) is 5.41 Å². The molecule has 3 nitrogen and oxygen atoms in total. The topological polar surface area (TPSA) is 41.1 Å². The van der Waals surface area contributed by atoms with Crippen LogP contribution in [0.5, 0.6) is 0 Å². The first-order chi connectivity index (χ1) is 6.25. The van der Waals surface area contributed by atoms with E-state index in [0.717, 1.165) is 13.0 Å². The molecule has 0 aromatic heterocycles. The number of hydrogen-bond donors (Lipinski definition) is 2. The molecule has 0 radical (unpaired) electrons. The van der Waals surface area contributed by atoms with Gasteiger partial charge in [0.25, 0.3) is 0 Å². The molecule has 0 saturated carbocycles. The van der Waals surface area contributed by atoms with Crippen molar-refractivity contribution in [3.63, 3.8) is 0 Å². The molecule has 0 aliphatic rings. The molecule has 3 heteroatoms. The Morgan fingerprint density at radius 3 is 2.07 bits per heavy atom. The molecular formula is C11H24N2O. The summed E-state index contributed by atoms with van der Waals surface area (Å²) in [5.74, 6) is 0.0570. The van der Waals surface area contributed by atoms with Crippen molar-refractivity contribution >= 4 is 5.91 Å². The van der Waals surface area contributed by atoms with Crippen LogP contribution in [-0.4, -0.2) is 25.0 Å². The number of nitrogens with one attached hydrogen (secondary N) is 2. The normalized spacial score (nSPS) is 12.7. The Morgan fingerprint density at radius 2 is 1.71 bits per heavy atom. The van der Waals surface area contributed by atoms with Crippen molar-refractivity contribution in [3.05, 3.63) is 0 Å². The maximum Gasteiger partial charge on any atom is 0.239 e. The molecule has 0 atom stereocenters. The number of carbonyl (C=O) groups is 1. The van der Waals surface area contributed by atoms with Crippen LogP contribution in [0.25, 0.3) is 0 Å². The van der Waals surface area contributed by atoms with E-state index in [1.54, 1.807) is 7.05 Å². The van der Waals surface area contributed by atoms with Gasteiger partial charge in [-0.25, -0.2) is 0 Å². The van der Waals surface area contributed by atoms with E-state index in [4.69, 9.17) is 0 Å². The highest BCUT2D eigenvalue weighted by Gasteiger charge is 2.26. The smallest absolute Gasteiger partial charge is 0.239 e. The van der Waals surface area contributed by atoms with Crippen LogP contribution in [0.1, 0.15) is 41.0 Å². The zero-order chi connectivity index (χ0) is 11.4. The Balaban J connectivity index is 4.10. The van der Waals surface area contributed by atoms with Crippen molar-refractivity contribution in [1.29, 1.82) is 0 Å². The average molecular weight is 200 g/mol. The van der Waals surface area contributed by atoms with Crippen LogP contribution in [0.15, 0.2) is 0 Å². The van der Waals surface area contributed by atoms with Gasteiger partial charge < -0.3 is 10.6 Å². The number of rotatable bonds is 5. The fourth-order valence-electron chi connectivity index (χ4n) is 0.779. The van der Waals surface area contributed by atoms with Gasteiger partial charge in [0.15, 0.2) is 0 Å². The van der Waals surface area contributed by atoms with Gasteiger partial charge in [-0.2, -0.15) is 0 Å². The quantitative estimate of drug-likeness (QED) is 0.707. The zero-order valence-electron chi connectivity index (χ0n) is 10.3. The Labute approximate surface area is 87.6 Å². The lowest BCUT2D eigenvalue weighted by Gasteiger charge is -2.27. The maximum absolute atomic E-state index is 11.7. The minimum Gasteiger partial charge on any atom is -0.354 e. The number of hydrogen-bond acceptors (Lipinski definition) is 2. The second kappa shape index (κ2) is 4.78. The highest BCUT2D eigenvalue weighted by Crippen LogP contribution is 2.18. The lowest BCUT2D eigenvalue weighted by atomic mass is 9.90. The minimum atomic E-state index is -0.482. The van der Waals surface area contributed by atoms with Crippen LogP contribution >= 0.6 is 0 Å². The highest BCUT2D eigenvalue weighted by atomic mass is 16.2. The van der Waals surface area contributed by atoms with Gasteiger partial charge in [0.1, 0.15) is 0 Å². The molecule has 0 aliphatic carbocycles. The van der Waals surface area contributed by atoms with Crippen molar-refractivity contribution in [1.82, 2.24) is 10.6 Å². The molecule has 0 saturated heterocycles. The Hall–Kier alpha value is -0.570. The summed E-state index contributed by atoms with van der Waals surface area (Å²) in [4.78, 5) is 11.7. The van der Waals surface area contributed by atoms with E-state index in [-0.39, 0.29) is 11.3 Å². The molecule has 0 spiro atoms. The van der Waals surface area contributed by atoms with E-state index in [0.29, 0.717) is 0 Å². The van der Waals surface area contributed by atoms with Crippen molar-refractivity contribution in [2.45, 2.75) is 46.6 Å². The minimum absolute atomic E-state index is 0.0570. The fourth-order valence-corrected chi connectivity index (χ4v) is 0.779. The summed E-state index contributed by atoms with van der Waals surface area (Å²) in [5.41, 5.74) is -0.302. The number of amides is 1. The number of likely N-dealkylation sites (N-methyl/N-ethyl adjacent to an activating group) is 1. The predicted octanol–water partition coefficient (Wildman–Crippen LogP) is 1.54. The molecule has 0 unspecified atom stereocenters. The van der Waals surface area contributed by atoms with Crippen LogP contribution in [-0.2, 0) is 4.79 Å². The summed E-state index contributed by atoms with van der Waals surface area (Å²) in [6, 6.07) is 0. The Morgan fingerprint density at radius 1 is 1.21 bits per heavy atom. The molecule has 14 heavy (non-hydrogen) atoms. The summed E-state index contributed by atoms with van der Waals surface area (Å²) in [6.45, 7) is 10.9. The lowest BCUT2D eigenvalue weighted by molar-refractivity contribution is -0.126. The van der Waals surface area contributed by atoms with E-state index in [9.17, 15) is 4.79 Å². The Bertz CT molecular complexity index is 197. The SMILES string of the molecule is CCC(C)(C)CNC(=O)C(C)(C)NC. The summed E-state index contributed by atoms with van der Waals surface area (Å²) >= 11 is 0. The van der Waals surface area contributed by atoms with Crippen LogP contribution in [0.4, 0.5) is 0 Å². The van der Waals surface area contributed by atoms with Crippen LogP contribution in [0.2, 0.25) is 0 Å². The molecule has 0 aromatic rings. The summed E-state index contributed by atoms with van der Waals surface area (Å²) in [5, 5.41) is 5.95. The van der Waals surface area contributed by atoms with Crippen molar-refractivity contribution in [3.8, 4) is 0 Å². The lowest BCUT2D eigenvalue weighted by Crippen LogP contribution is -2.52. The molecule has 0 heterocycles. The molecule has 0 aliphatic heterocycles. The van der Waals surface area contributed by atoms with Gasteiger partial charge in [0, 0.05) is 6.54 Å². The van der Waals surface area contributed by atoms with Gasteiger partial charge in [0.2, 0.25) is 5.91 Å². The first-order valence-corrected chi connectivity index (χ1v) is 5.22. The summed E-state index contributed by atoms with van der Waals surface area (Å²) < 4.78 is 0. The number of carbonyl (C=O) groups excluding carboxylic acids is 1. The zero-order valence-corrected chi connectivity index (χ0v) is 10.3. The van der Waals surface area contributed by atoms with Crippen molar-refractivity contribution in [2.24, 2.45) is 5.41 Å². The van der Waals surface area contributed by atoms with Crippen LogP contribution in [0.3, 0.4) is 0 Å². The second-order valence-electron chi connectivity index (χ2n) is 5.08. The largest absolute Gasteiger partial charge is 0.354 e. The van der Waals surface area contributed by atoms with Gasteiger partial charge in [-0.1, -0.05) is 20.8 Å². The molecule has 0 fully saturated rings. The molecule has 0 bridgehead atoms. The van der Waals surface area contributed by atoms with E-state index >= 15 is 0 Å². The van der Waals surface area contributed by atoms with E-state index < -0.39 is 5.54 Å². The first kappa shape index (κ1) is 13.4. The van der Waals surface area contributed by atoms with Gasteiger partial charge in [-0.3, -0.25) is 4.79 Å². The average Bonchev–Trinajstić information content (AvgIpc) is 2.14. The van der Waals surface area contributed by atoms with E-state index in [2.05, 4.69) is 31.4 Å². The van der Waals surface area contributed by atoms with Gasteiger partial charge >= 0.3 is 0 Å². The molecule has 0 rings (SSSR count). The third-order valence-electron chi connectivity index (χ3n) is 2.88. The van der Waals surface area contributed by atoms with Gasteiger partial charge in [-0.15, -0.1) is 0 Å². The molecule has 0 aromatic carbocycles. The van der Waals surface area contributed by atoms with E-state index in [1.165, 1.54) is 0 Å². The molecule has 2 N–H and O–H groups in total. The standard InChI is InChI=1S/C11H24N2O/c1-7-10(2,3)8-13-9(14)11(4,5)12-6/h12H,7-8H2,1-6H3,(H,13,14). The molecule has 1 amide bonds. The molecule has 84 valence electrons. The highest BCUT2D eigenvalue weighted by molar-refractivity contribution is 5.85. The summed E-state index contributed by atoms with van der Waals surface area (Å²) in [7, 11) is 1.80. The Kier molecular flexibility index (Phi) is 4.59. The van der Waals surface area contributed by atoms with Crippen molar-refractivity contribution in [2.75, 3.05) is 13.6 Å².